The van der Waals surface area contributed by atoms with Gasteiger partial charge in [0.05, 0.1) is 6.54 Å². The smallest absolute Gasteiger partial charge is 0.149 e. The Bertz CT molecular complexity index is 141. The third-order valence-corrected chi connectivity index (χ3v) is 1.75. The lowest BCUT2D eigenvalue weighted by Crippen LogP contribution is -2.31. The second-order valence-corrected chi connectivity index (χ2v) is 4.21. The monoisotopic (exact) mass is 171 g/mol. The first-order valence-electron chi connectivity index (χ1n) is 4.64. The van der Waals surface area contributed by atoms with Gasteiger partial charge in [0.25, 0.3) is 0 Å². The molecule has 0 aliphatic heterocycles. The number of carbonyl (C=O) groups is 1. The number of ketones is 1. The lowest BCUT2D eigenvalue weighted by atomic mass is 10.1. The summed E-state index contributed by atoms with van der Waals surface area (Å²) in [6.07, 6.45) is 0. The Morgan fingerprint density at radius 1 is 1.25 bits per heavy atom. The van der Waals surface area contributed by atoms with Gasteiger partial charge in [0.15, 0.2) is 0 Å². The molecule has 0 atom stereocenters. The average Bonchev–Trinajstić information content (AvgIpc) is 1.84. The molecule has 0 aromatic carbocycles. The first-order valence-corrected chi connectivity index (χ1v) is 4.64. The van der Waals surface area contributed by atoms with Crippen LogP contribution in [-0.4, -0.2) is 30.8 Å². The molecule has 0 saturated carbocycles. The van der Waals surface area contributed by atoms with E-state index in [1.807, 2.05) is 20.9 Å². The van der Waals surface area contributed by atoms with E-state index in [0.29, 0.717) is 18.2 Å². The topological polar surface area (TPSA) is 20.3 Å². The molecule has 0 aromatic heterocycles. The summed E-state index contributed by atoms with van der Waals surface area (Å²) in [7, 11) is 2.00. The summed E-state index contributed by atoms with van der Waals surface area (Å²) in [6, 6.07) is 0. The normalized spacial score (nSPS) is 11.7. The van der Waals surface area contributed by atoms with E-state index in [1.165, 1.54) is 0 Å². The number of rotatable bonds is 5. The van der Waals surface area contributed by atoms with Gasteiger partial charge in [-0.25, -0.2) is 0 Å². The molecule has 0 aliphatic carbocycles. The van der Waals surface area contributed by atoms with Crippen molar-refractivity contribution >= 4 is 5.78 Å². The highest BCUT2D eigenvalue weighted by Crippen LogP contribution is 1.99. The van der Waals surface area contributed by atoms with Gasteiger partial charge in [-0.15, -0.1) is 0 Å². The van der Waals surface area contributed by atoms with Gasteiger partial charge in [0.1, 0.15) is 5.78 Å². The Morgan fingerprint density at radius 3 is 2.08 bits per heavy atom. The molecule has 0 rings (SSSR count). The van der Waals surface area contributed by atoms with Gasteiger partial charge in [-0.1, -0.05) is 27.7 Å². The van der Waals surface area contributed by atoms with Gasteiger partial charge in [-0.3, -0.25) is 9.69 Å². The minimum atomic E-state index is 0.166. The lowest BCUT2D eigenvalue weighted by Gasteiger charge is -2.18. The van der Waals surface area contributed by atoms with Crippen molar-refractivity contribution in [2.75, 3.05) is 20.1 Å². The minimum absolute atomic E-state index is 0.166. The molecule has 0 aliphatic rings. The Balaban J connectivity index is 3.69. The fraction of sp³-hybridized carbons (Fsp3) is 0.900. The predicted octanol–water partition coefficient (Wildman–Crippen LogP) is 1.80. The molecule has 2 nitrogen and oxygen atoms in total. The Morgan fingerprint density at radius 2 is 1.75 bits per heavy atom. The van der Waals surface area contributed by atoms with E-state index in [4.69, 9.17) is 0 Å². The maximum atomic E-state index is 11.3. The van der Waals surface area contributed by atoms with Crippen LogP contribution in [0.5, 0.6) is 0 Å². The number of hydrogen-bond acceptors (Lipinski definition) is 2. The van der Waals surface area contributed by atoms with Crippen LogP contribution in [0.2, 0.25) is 0 Å². The summed E-state index contributed by atoms with van der Waals surface area (Å²) >= 11 is 0. The van der Waals surface area contributed by atoms with Gasteiger partial charge in [-0.2, -0.15) is 0 Å². The van der Waals surface area contributed by atoms with Crippen LogP contribution in [-0.2, 0) is 4.79 Å². The summed E-state index contributed by atoms with van der Waals surface area (Å²) in [5.41, 5.74) is 0. The van der Waals surface area contributed by atoms with Crippen LogP contribution in [0.15, 0.2) is 0 Å². The maximum absolute atomic E-state index is 11.3. The van der Waals surface area contributed by atoms with Crippen LogP contribution in [0, 0.1) is 11.8 Å². The van der Waals surface area contributed by atoms with Crippen molar-refractivity contribution in [2.24, 2.45) is 11.8 Å². The predicted molar refractivity (Wildman–Crippen MR) is 52.2 cm³/mol. The molecular weight excluding hydrogens is 150 g/mol. The standard InChI is InChI=1S/C10H21NO/c1-8(2)6-11(5)7-10(12)9(3)4/h8-9H,6-7H2,1-5H3. The van der Waals surface area contributed by atoms with Crippen LogP contribution in [0.3, 0.4) is 0 Å². The second kappa shape index (κ2) is 5.31. The van der Waals surface area contributed by atoms with Gasteiger partial charge >= 0.3 is 0 Å². The zero-order chi connectivity index (χ0) is 9.72. The summed E-state index contributed by atoms with van der Waals surface area (Å²) in [4.78, 5) is 13.4. The van der Waals surface area contributed by atoms with E-state index in [9.17, 15) is 4.79 Å². The third kappa shape index (κ3) is 5.30. The SMILES string of the molecule is CC(C)CN(C)CC(=O)C(C)C. The average molecular weight is 171 g/mol. The molecule has 0 fully saturated rings. The van der Waals surface area contributed by atoms with Crippen molar-refractivity contribution in [2.45, 2.75) is 27.7 Å². The number of hydrogen-bond donors (Lipinski definition) is 0. The highest BCUT2D eigenvalue weighted by molar-refractivity contribution is 5.82. The Hall–Kier alpha value is -0.370. The zero-order valence-electron chi connectivity index (χ0n) is 8.92. The van der Waals surface area contributed by atoms with E-state index in [0.717, 1.165) is 6.54 Å². The number of likely N-dealkylation sites (N-methyl/N-ethyl adjacent to an activating group) is 1. The van der Waals surface area contributed by atoms with Crippen LogP contribution in [0.1, 0.15) is 27.7 Å². The molecule has 0 aromatic rings. The van der Waals surface area contributed by atoms with E-state index >= 15 is 0 Å². The molecule has 0 spiro atoms. The number of carbonyl (C=O) groups excluding carboxylic acids is 1. The quantitative estimate of drug-likeness (QED) is 0.628. The van der Waals surface area contributed by atoms with Gasteiger partial charge in [-0.05, 0) is 13.0 Å². The summed E-state index contributed by atoms with van der Waals surface area (Å²) < 4.78 is 0. The molecular formula is C10H21NO. The molecule has 0 saturated heterocycles. The molecule has 0 heterocycles. The van der Waals surface area contributed by atoms with Crippen LogP contribution in [0.25, 0.3) is 0 Å². The molecule has 2 heteroatoms. The minimum Gasteiger partial charge on any atom is -0.299 e. The van der Waals surface area contributed by atoms with Crippen molar-refractivity contribution in [1.29, 1.82) is 0 Å². The highest BCUT2D eigenvalue weighted by Gasteiger charge is 2.10. The van der Waals surface area contributed by atoms with Crippen molar-refractivity contribution in [3.05, 3.63) is 0 Å². The van der Waals surface area contributed by atoms with Crippen molar-refractivity contribution < 1.29 is 4.79 Å². The summed E-state index contributed by atoms with van der Waals surface area (Å²) in [6.45, 7) is 9.82. The summed E-state index contributed by atoms with van der Waals surface area (Å²) in [5, 5.41) is 0. The van der Waals surface area contributed by atoms with E-state index < -0.39 is 0 Å². The first kappa shape index (κ1) is 11.6. The van der Waals surface area contributed by atoms with E-state index in [-0.39, 0.29) is 5.92 Å². The fourth-order valence-electron chi connectivity index (χ4n) is 1.14. The second-order valence-electron chi connectivity index (χ2n) is 4.21. The van der Waals surface area contributed by atoms with Crippen molar-refractivity contribution in [3.8, 4) is 0 Å². The van der Waals surface area contributed by atoms with Crippen LogP contribution >= 0.6 is 0 Å². The van der Waals surface area contributed by atoms with Crippen LogP contribution < -0.4 is 0 Å². The molecule has 0 N–H and O–H groups in total. The van der Waals surface area contributed by atoms with Crippen molar-refractivity contribution in [3.63, 3.8) is 0 Å². The molecule has 0 amide bonds. The Labute approximate surface area is 75.9 Å². The third-order valence-electron chi connectivity index (χ3n) is 1.75. The van der Waals surface area contributed by atoms with Gasteiger partial charge in [0, 0.05) is 12.5 Å². The lowest BCUT2D eigenvalue weighted by molar-refractivity contribution is -0.122. The molecule has 0 bridgehead atoms. The number of Topliss-reactive ketones (excluding diaryl/α,β-unsaturated/α-hetero) is 1. The zero-order valence-corrected chi connectivity index (χ0v) is 8.92. The van der Waals surface area contributed by atoms with Crippen LogP contribution in [0.4, 0.5) is 0 Å². The maximum Gasteiger partial charge on any atom is 0.149 e. The molecule has 0 radical (unpaired) electrons. The largest absolute Gasteiger partial charge is 0.299 e. The fourth-order valence-corrected chi connectivity index (χ4v) is 1.14. The first-order chi connectivity index (χ1) is 5.43. The molecule has 72 valence electrons. The Kier molecular flexibility index (Phi) is 5.14. The molecule has 0 unspecified atom stereocenters. The highest BCUT2D eigenvalue weighted by atomic mass is 16.1. The number of nitrogens with zero attached hydrogens (tertiary/aromatic N) is 1. The summed E-state index contributed by atoms with van der Waals surface area (Å²) in [5.74, 6) is 1.13. The van der Waals surface area contributed by atoms with E-state index in [1.54, 1.807) is 0 Å². The van der Waals surface area contributed by atoms with Gasteiger partial charge < -0.3 is 0 Å². The van der Waals surface area contributed by atoms with Gasteiger partial charge in [0.2, 0.25) is 0 Å². The van der Waals surface area contributed by atoms with E-state index in [2.05, 4.69) is 18.7 Å². The molecule has 12 heavy (non-hydrogen) atoms. The van der Waals surface area contributed by atoms with Crippen molar-refractivity contribution in [1.82, 2.24) is 4.90 Å².